The molecule has 0 heterocycles. The van der Waals surface area contributed by atoms with Crippen LogP contribution >= 0.6 is 0 Å². The van der Waals surface area contributed by atoms with Crippen molar-refractivity contribution in [2.45, 2.75) is 84.1 Å². The van der Waals surface area contributed by atoms with Crippen LogP contribution in [-0.4, -0.2) is 25.7 Å². The number of hydrogen-bond acceptors (Lipinski definition) is 0. The number of alkyl halides is 6. The van der Waals surface area contributed by atoms with E-state index in [-0.39, 0.29) is 98.8 Å². The molecule has 0 aromatic carbocycles. The van der Waals surface area contributed by atoms with Crippen molar-refractivity contribution in [3.63, 3.8) is 0 Å². The molecule has 0 aromatic heterocycles. The van der Waals surface area contributed by atoms with E-state index in [0.717, 1.165) is 0 Å². The first-order valence-corrected chi connectivity index (χ1v) is 4.14. The average molecular weight is 441 g/mol. The van der Waals surface area contributed by atoms with Gasteiger partial charge in [-0.1, -0.05) is 64.8 Å². The first kappa shape index (κ1) is 89.3. The second-order valence-corrected chi connectivity index (χ2v) is 2.14. The minimum atomic E-state index is -5.03. The molecule has 0 spiro atoms. The molecule has 7 heteroatoms. The molecule has 157 valence electrons. The summed E-state index contributed by atoms with van der Waals surface area (Å²) in [6.45, 7) is 3.46. The van der Waals surface area contributed by atoms with Crippen molar-refractivity contribution in [3.8, 4) is 0 Å². The molecule has 0 amide bonds. The van der Waals surface area contributed by atoms with Crippen LogP contribution in [0.2, 0.25) is 0 Å². The zero-order valence-corrected chi connectivity index (χ0v) is 13.9. The Morgan fingerprint density at radius 2 is 0.870 bits per heavy atom. The van der Waals surface area contributed by atoms with E-state index in [2.05, 4.69) is 13.8 Å². The van der Waals surface area contributed by atoms with Gasteiger partial charge in [0.15, 0.2) is 0 Å². The van der Waals surface area contributed by atoms with Crippen LogP contribution in [0.15, 0.2) is 0 Å². The molecule has 0 aliphatic heterocycles. The summed E-state index contributed by atoms with van der Waals surface area (Å²) in [5, 5.41) is 0. The van der Waals surface area contributed by atoms with Gasteiger partial charge in [-0.2, -0.15) is 13.2 Å². The summed E-state index contributed by atoms with van der Waals surface area (Å²) in [6.07, 6.45) is -7.10. The van der Waals surface area contributed by atoms with Crippen molar-refractivity contribution in [1.82, 2.24) is 0 Å². The molecule has 0 nitrogen and oxygen atoms in total. The maximum atomic E-state index is 11.1. The molecule has 23 heavy (non-hydrogen) atoms. The Labute approximate surface area is 171 Å². The summed E-state index contributed by atoms with van der Waals surface area (Å²) >= 11 is 0. The van der Waals surface area contributed by atoms with Gasteiger partial charge in [0.2, 0.25) is 6.17 Å². The molecule has 0 aliphatic carbocycles. The summed E-state index contributed by atoms with van der Waals surface area (Å²) in [5.41, 5.74) is 0. The van der Waals surface area contributed by atoms with E-state index >= 15 is 0 Å². The summed E-state index contributed by atoms with van der Waals surface area (Å²) < 4.78 is 64.7. The average Bonchev–Trinajstić information content (AvgIpc) is 2.04. The standard InChI is InChI=1S/C3H3F5.C3H8.C2H5F.6CH4.2CH3.Y/c4-1-2(5)3(6,7)8;1-3-2;1-2-3;;;;;;;;;/h2H,1H2;3H2,1-2H3;2H2,1H3;6*1H4;2*1H3;/q;;;;;;;;;2*-1;. The van der Waals surface area contributed by atoms with Gasteiger partial charge >= 0.3 is 6.18 Å². The topological polar surface area (TPSA) is 0 Å². The van der Waals surface area contributed by atoms with Crippen LogP contribution in [0.4, 0.5) is 26.3 Å². The van der Waals surface area contributed by atoms with Gasteiger partial charge in [0.05, 0.1) is 6.67 Å². The van der Waals surface area contributed by atoms with E-state index in [1.165, 1.54) is 13.3 Å². The summed E-state index contributed by atoms with van der Waals surface area (Å²) in [4.78, 5) is 0. The van der Waals surface area contributed by atoms with Crippen molar-refractivity contribution in [2.24, 2.45) is 0 Å². The molecule has 0 saturated carbocycles. The van der Waals surface area contributed by atoms with Crippen molar-refractivity contribution >= 4 is 0 Å². The third-order valence-electron chi connectivity index (χ3n) is 0.491. The molecule has 0 N–H and O–H groups in total. The van der Waals surface area contributed by atoms with Crippen LogP contribution in [0.25, 0.3) is 0 Å². The van der Waals surface area contributed by atoms with E-state index in [9.17, 15) is 26.3 Å². The maximum absolute atomic E-state index is 11.1. The van der Waals surface area contributed by atoms with Gasteiger partial charge in [0.1, 0.15) is 6.67 Å². The summed E-state index contributed by atoms with van der Waals surface area (Å²) in [7, 11) is 0. The molecule has 0 aliphatic rings. The zero-order chi connectivity index (χ0) is 12.2. The van der Waals surface area contributed by atoms with Crippen LogP contribution < -0.4 is 0 Å². The van der Waals surface area contributed by atoms with Crippen LogP contribution in [0.1, 0.15) is 71.8 Å². The third kappa shape index (κ3) is 129. The Morgan fingerprint density at radius 3 is 0.870 bits per heavy atom. The molecule has 1 atom stereocenters. The Balaban J connectivity index is -0.00000000733. The second kappa shape index (κ2) is 66.3. The van der Waals surface area contributed by atoms with Gasteiger partial charge < -0.3 is 14.9 Å². The maximum Gasteiger partial charge on any atom is 0.422 e. The Morgan fingerprint density at radius 1 is 0.739 bits per heavy atom. The van der Waals surface area contributed by atoms with Crippen molar-refractivity contribution < 1.29 is 59.1 Å². The first-order valence-electron chi connectivity index (χ1n) is 4.14. The van der Waals surface area contributed by atoms with Crippen molar-refractivity contribution in [3.05, 3.63) is 14.9 Å². The van der Waals surface area contributed by atoms with Crippen LogP contribution in [0, 0.1) is 14.9 Å². The normalized spacial score (nSPS) is 7.17. The van der Waals surface area contributed by atoms with Crippen LogP contribution in [0.5, 0.6) is 0 Å². The largest absolute Gasteiger partial charge is 0.422 e. The smallest absolute Gasteiger partial charge is 0.358 e. The molecular formula is C16H46F6Y-2. The molecule has 1 radical (unpaired) electrons. The van der Waals surface area contributed by atoms with Gasteiger partial charge in [-0.05, 0) is 6.92 Å². The minimum absolute atomic E-state index is 0. The zero-order valence-electron chi connectivity index (χ0n) is 11.0. The molecule has 0 aromatic rings. The van der Waals surface area contributed by atoms with E-state index < -0.39 is 19.0 Å². The van der Waals surface area contributed by atoms with Crippen molar-refractivity contribution in [2.75, 3.05) is 13.3 Å². The molecule has 0 rings (SSSR count). The van der Waals surface area contributed by atoms with Crippen LogP contribution in [0.3, 0.4) is 0 Å². The second-order valence-electron chi connectivity index (χ2n) is 2.14. The fraction of sp³-hybridized carbons (Fsp3) is 0.875. The number of rotatable bonds is 1. The summed E-state index contributed by atoms with van der Waals surface area (Å²) in [5.74, 6) is 0. The van der Waals surface area contributed by atoms with Crippen LogP contribution in [-0.2, 0) is 32.7 Å². The number of halogens is 6. The van der Waals surface area contributed by atoms with E-state index in [1.807, 2.05) is 0 Å². The molecule has 1 unspecified atom stereocenters. The predicted molar refractivity (Wildman–Crippen MR) is 97.8 cm³/mol. The third-order valence-corrected chi connectivity index (χ3v) is 0.491. The first-order chi connectivity index (χ1) is 6.31. The summed E-state index contributed by atoms with van der Waals surface area (Å²) in [6, 6.07) is 0. The molecule has 0 bridgehead atoms. The fourth-order valence-corrected chi connectivity index (χ4v) is 0.0875. The molecule has 0 saturated heterocycles. The molecular weight excluding hydrogens is 395 g/mol. The van der Waals surface area contributed by atoms with E-state index in [4.69, 9.17) is 0 Å². The quantitative estimate of drug-likeness (QED) is 0.281. The van der Waals surface area contributed by atoms with E-state index in [1.54, 1.807) is 0 Å². The predicted octanol–water partition coefficient (Wildman–Crippen LogP) is 8.96. The van der Waals surface area contributed by atoms with Crippen molar-refractivity contribution in [1.29, 1.82) is 0 Å². The fourth-order valence-electron chi connectivity index (χ4n) is 0.0875. The number of hydrogen-bond donors (Lipinski definition) is 0. The molecule has 0 fully saturated rings. The van der Waals surface area contributed by atoms with Gasteiger partial charge in [-0.3, -0.25) is 4.39 Å². The SMILES string of the molecule is C.C.C.C.C.C.CCC.CCF.FCC(F)C(F)(F)F.[CH3-].[CH3-].[Y]. The minimum Gasteiger partial charge on any atom is -0.358 e. The van der Waals surface area contributed by atoms with Gasteiger partial charge in [-0.25, -0.2) is 8.78 Å². The van der Waals surface area contributed by atoms with Gasteiger partial charge in [-0.15, -0.1) is 0 Å². The van der Waals surface area contributed by atoms with Gasteiger partial charge in [0, 0.05) is 32.7 Å². The Kier molecular flexibility index (Phi) is 257. The van der Waals surface area contributed by atoms with E-state index in [0.29, 0.717) is 0 Å². The van der Waals surface area contributed by atoms with Gasteiger partial charge in [0.25, 0.3) is 0 Å². The Bertz CT molecular complexity index is 99.1. The Hall–Kier alpha value is 0.684. The monoisotopic (exact) mass is 441 g/mol.